The summed E-state index contributed by atoms with van der Waals surface area (Å²) in [5.41, 5.74) is 0. The lowest BCUT2D eigenvalue weighted by Crippen LogP contribution is -2.35. The van der Waals surface area contributed by atoms with E-state index in [2.05, 4.69) is 24.5 Å². The van der Waals surface area contributed by atoms with Gasteiger partial charge in [0.15, 0.2) is 0 Å². The normalized spacial score (nSPS) is 17.7. The maximum absolute atomic E-state index is 12.2. The number of hydrogen-bond donors (Lipinski definition) is 2. The second-order valence-electron chi connectivity index (χ2n) is 11.7. The molecule has 0 aromatic heterocycles. The molecule has 2 amide bonds. The standard InChI is InChI=1S/C32H62N2O2/c1-3-5-7-9-11-13-15-17-19-24-31(35)33-27-29-22-21-23-30(26-29)28-34-32(36)25-20-18-16-14-12-10-8-6-4-2/h29-30H,3-28H2,1-2H3,(H,33,35)(H,34,36). The van der Waals surface area contributed by atoms with Crippen LogP contribution in [-0.4, -0.2) is 24.9 Å². The minimum atomic E-state index is 0.231. The molecule has 1 aliphatic carbocycles. The van der Waals surface area contributed by atoms with Gasteiger partial charge in [0.25, 0.3) is 0 Å². The average molecular weight is 507 g/mol. The van der Waals surface area contributed by atoms with Gasteiger partial charge in [-0.3, -0.25) is 9.59 Å². The molecule has 2 N–H and O–H groups in total. The molecule has 0 aliphatic heterocycles. The van der Waals surface area contributed by atoms with E-state index in [0.717, 1.165) is 32.4 Å². The van der Waals surface area contributed by atoms with Crippen molar-refractivity contribution in [2.45, 2.75) is 168 Å². The second kappa shape index (κ2) is 24.3. The monoisotopic (exact) mass is 506 g/mol. The lowest BCUT2D eigenvalue weighted by molar-refractivity contribution is -0.122. The Bertz CT molecular complexity index is 478. The van der Waals surface area contributed by atoms with E-state index < -0.39 is 0 Å². The number of carbonyl (C=O) groups excluding carboxylic acids is 2. The summed E-state index contributed by atoms with van der Waals surface area (Å²) in [4.78, 5) is 24.5. The zero-order chi connectivity index (χ0) is 26.1. The average Bonchev–Trinajstić information content (AvgIpc) is 2.89. The van der Waals surface area contributed by atoms with E-state index >= 15 is 0 Å². The summed E-state index contributed by atoms with van der Waals surface area (Å²) in [5, 5.41) is 6.39. The molecule has 0 aromatic rings. The number of amides is 2. The van der Waals surface area contributed by atoms with Crippen molar-refractivity contribution >= 4 is 11.8 Å². The van der Waals surface area contributed by atoms with Crippen molar-refractivity contribution in [3.05, 3.63) is 0 Å². The van der Waals surface area contributed by atoms with Crippen molar-refractivity contribution in [2.75, 3.05) is 13.1 Å². The van der Waals surface area contributed by atoms with Crippen LogP contribution in [0, 0.1) is 11.8 Å². The summed E-state index contributed by atoms with van der Waals surface area (Å²) in [6.07, 6.45) is 29.3. The molecule has 1 aliphatic rings. The highest BCUT2D eigenvalue weighted by Gasteiger charge is 2.22. The number of nitrogens with one attached hydrogen (secondary N) is 2. The molecule has 2 unspecified atom stereocenters. The van der Waals surface area contributed by atoms with Gasteiger partial charge in [0, 0.05) is 25.9 Å². The molecule has 0 heterocycles. The van der Waals surface area contributed by atoms with Crippen LogP contribution in [0.2, 0.25) is 0 Å². The minimum Gasteiger partial charge on any atom is -0.356 e. The predicted molar refractivity (Wildman–Crippen MR) is 155 cm³/mol. The van der Waals surface area contributed by atoms with Crippen LogP contribution in [0.15, 0.2) is 0 Å². The summed E-state index contributed by atoms with van der Waals surface area (Å²) in [7, 11) is 0. The molecule has 0 radical (unpaired) electrons. The highest BCUT2D eigenvalue weighted by atomic mass is 16.2. The number of carbonyl (C=O) groups is 2. The van der Waals surface area contributed by atoms with E-state index in [1.807, 2.05) is 0 Å². The van der Waals surface area contributed by atoms with Crippen LogP contribution >= 0.6 is 0 Å². The molecule has 0 spiro atoms. The minimum absolute atomic E-state index is 0.231. The zero-order valence-electron chi connectivity index (χ0n) is 24.4. The lowest BCUT2D eigenvalue weighted by atomic mass is 9.81. The quantitative estimate of drug-likeness (QED) is 0.128. The van der Waals surface area contributed by atoms with Gasteiger partial charge in [0.05, 0.1) is 0 Å². The van der Waals surface area contributed by atoms with Gasteiger partial charge in [-0.1, -0.05) is 123 Å². The number of unbranched alkanes of at least 4 members (excludes halogenated alkanes) is 16. The Morgan fingerprint density at radius 1 is 0.528 bits per heavy atom. The summed E-state index contributed by atoms with van der Waals surface area (Å²) in [5.74, 6) is 1.61. The maximum atomic E-state index is 12.2. The Balaban J connectivity index is 1.98. The SMILES string of the molecule is CCCCCCCCCCCC(=O)NCC1CCCC(CNC(=O)CCCCCCCCCCC)C1. The molecule has 1 saturated carbocycles. The van der Waals surface area contributed by atoms with E-state index in [-0.39, 0.29) is 11.8 Å². The Labute approximate surface area is 224 Å². The fourth-order valence-electron chi connectivity index (χ4n) is 5.66. The van der Waals surface area contributed by atoms with Crippen molar-refractivity contribution in [2.24, 2.45) is 11.8 Å². The van der Waals surface area contributed by atoms with E-state index in [1.165, 1.54) is 122 Å². The third kappa shape index (κ3) is 20.0. The fraction of sp³-hybridized carbons (Fsp3) is 0.938. The molecule has 36 heavy (non-hydrogen) atoms. The van der Waals surface area contributed by atoms with Gasteiger partial charge in [0.1, 0.15) is 0 Å². The topological polar surface area (TPSA) is 58.2 Å². The third-order valence-corrected chi connectivity index (χ3v) is 8.08. The summed E-state index contributed by atoms with van der Waals surface area (Å²) in [6.45, 7) is 6.16. The fourth-order valence-corrected chi connectivity index (χ4v) is 5.66. The molecule has 4 heteroatoms. The highest BCUT2D eigenvalue weighted by Crippen LogP contribution is 2.28. The zero-order valence-corrected chi connectivity index (χ0v) is 24.4. The van der Waals surface area contributed by atoms with Crippen molar-refractivity contribution < 1.29 is 9.59 Å². The second-order valence-corrected chi connectivity index (χ2v) is 11.7. The van der Waals surface area contributed by atoms with Gasteiger partial charge in [-0.05, 0) is 43.9 Å². The van der Waals surface area contributed by atoms with Crippen molar-refractivity contribution in [1.82, 2.24) is 10.6 Å². The number of rotatable bonds is 24. The van der Waals surface area contributed by atoms with Crippen LogP contribution in [0.4, 0.5) is 0 Å². The van der Waals surface area contributed by atoms with E-state index in [9.17, 15) is 9.59 Å². The Hall–Kier alpha value is -1.06. The smallest absolute Gasteiger partial charge is 0.220 e. The molecule has 0 saturated heterocycles. The third-order valence-electron chi connectivity index (χ3n) is 8.08. The van der Waals surface area contributed by atoms with Gasteiger partial charge in [-0.15, -0.1) is 0 Å². The van der Waals surface area contributed by atoms with Gasteiger partial charge in [-0.2, -0.15) is 0 Å². The van der Waals surface area contributed by atoms with Crippen molar-refractivity contribution in [3.63, 3.8) is 0 Å². The summed E-state index contributed by atoms with van der Waals surface area (Å²) >= 11 is 0. The Morgan fingerprint density at radius 3 is 1.22 bits per heavy atom. The van der Waals surface area contributed by atoms with Gasteiger partial charge in [-0.25, -0.2) is 0 Å². The number of hydrogen-bond acceptors (Lipinski definition) is 2. The van der Waals surface area contributed by atoms with Crippen molar-refractivity contribution in [3.8, 4) is 0 Å². The van der Waals surface area contributed by atoms with Crippen LogP contribution in [0.5, 0.6) is 0 Å². The first-order valence-electron chi connectivity index (χ1n) is 16.2. The van der Waals surface area contributed by atoms with Gasteiger partial charge < -0.3 is 10.6 Å². The summed E-state index contributed by atoms with van der Waals surface area (Å²) in [6, 6.07) is 0. The molecule has 2 atom stereocenters. The first kappa shape index (κ1) is 33.0. The molecule has 1 fully saturated rings. The van der Waals surface area contributed by atoms with E-state index in [1.54, 1.807) is 0 Å². The van der Waals surface area contributed by atoms with Crippen LogP contribution in [0.3, 0.4) is 0 Å². The molecular formula is C32H62N2O2. The van der Waals surface area contributed by atoms with Crippen LogP contribution in [-0.2, 0) is 9.59 Å². The van der Waals surface area contributed by atoms with Crippen molar-refractivity contribution in [1.29, 1.82) is 0 Å². The molecular weight excluding hydrogens is 444 g/mol. The Morgan fingerprint density at radius 2 is 0.861 bits per heavy atom. The predicted octanol–water partition coefficient (Wildman–Crippen LogP) is 8.87. The first-order chi connectivity index (χ1) is 17.7. The van der Waals surface area contributed by atoms with Gasteiger partial charge >= 0.3 is 0 Å². The first-order valence-corrected chi connectivity index (χ1v) is 16.2. The van der Waals surface area contributed by atoms with E-state index in [4.69, 9.17) is 0 Å². The van der Waals surface area contributed by atoms with E-state index in [0.29, 0.717) is 24.7 Å². The molecule has 212 valence electrons. The van der Waals surface area contributed by atoms with Crippen LogP contribution in [0.1, 0.15) is 168 Å². The lowest BCUT2D eigenvalue weighted by Gasteiger charge is -2.29. The Kier molecular flexibility index (Phi) is 22.2. The molecule has 0 bridgehead atoms. The van der Waals surface area contributed by atoms with Crippen LogP contribution < -0.4 is 10.6 Å². The maximum Gasteiger partial charge on any atom is 0.220 e. The largest absolute Gasteiger partial charge is 0.356 e. The van der Waals surface area contributed by atoms with Gasteiger partial charge in [0.2, 0.25) is 11.8 Å². The molecule has 4 nitrogen and oxygen atoms in total. The summed E-state index contributed by atoms with van der Waals surface area (Å²) < 4.78 is 0. The molecule has 1 rings (SSSR count). The molecule has 0 aromatic carbocycles. The highest BCUT2D eigenvalue weighted by molar-refractivity contribution is 5.76. The van der Waals surface area contributed by atoms with Crippen LogP contribution in [0.25, 0.3) is 0 Å².